The van der Waals surface area contributed by atoms with E-state index in [1.54, 1.807) is 12.4 Å². The Balaban J connectivity index is 1.74. The number of unbranched alkanes of at least 4 members (excludes halogenated alkanes) is 1. The van der Waals surface area contributed by atoms with E-state index in [9.17, 15) is 0 Å². The van der Waals surface area contributed by atoms with E-state index in [1.165, 1.54) is 10.6 Å². The number of aryl methyl sites for hydroxylation is 1. The zero-order valence-corrected chi connectivity index (χ0v) is 17.9. The Kier molecular flexibility index (Phi) is 8.11. The maximum atomic E-state index is 6.07. The highest BCUT2D eigenvalue weighted by atomic mass is 27.2. The van der Waals surface area contributed by atoms with Crippen molar-refractivity contribution in [2.24, 2.45) is 0 Å². The molecule has 3 aromatic rings. The summed E-state index contributed by atoms with van der Waals surface area (Å²) in [5.74, 6) is 0. The highest BCUT2D eigenvalue weighted by Gasteiger charge is 2.15. The van der Waals surface area contributed by atoms with E-state index in [2.05, 4.69) is 40.1 Å². The van der Waals surface area contributed by atoms with Crippen molar-refractivity contribution in [2.45, 2.75) is 43.7 Å². The molecule has 0 fully saturated rings. The second-order valence-electron chi connectivity index (χ2n) is 6.80. The van der Waals surface area contributed by atoms with Gasteiger partial charge in [-0.25, -0.2) is 0 Å². The van der Waals surface area contributed by atoms with Crippen LogP contribution in [0.15, 0.2) is 54.9 Å². The van der Waals surface area contributed by atoms with E-state index in [0.29, 0.717) is 0 Å². The first-order chi connectivity index (χ1) is 13.8. The van der Waals surface area contributed by atoms with Crippen molar-refractivity contribution in [1.29, 1.82) is 0 Å². The van der Waals surface area contributed by atoms with Gasteiger partial charge in [-0.3, -0.25) is 9.97 Å². The van der Waals surface area contributed by atoms with Gasteiger partial charge in [0.05, 0.1) is 11.4 Å². The van der Waals surface area contributed by atoms with Crippen LogP contribution in [-0.2, 0) is 10.2 Å². The molecule has 28 heavy (non-hydrogen) atoms. The monoisotopic (exact) mass is 390 g/mol. The first-order valence-corrected chi connectivity index (χ1v) is 12.2. The number of hydrogen-bond donors (Lipinski definition) is 0. The smallest absolute Gasteiger partial charge is 0.460 e. The van der Waals surface area contributed by atoms with Crippen molar-refractivity contribution in [3.05, 3.63) is 60.4 Å². The largest absolute Gasteiger partial charge is 0.501 e. The Morgan fingerprint density at radius 1 is 0.821 bits per heavy atom. The summed E-state index contributed by atoms with van der Waals surface area (Å²) in [6.45, 7) is 5.34. The van der Waals surface area contributed by atoms with Crippen molar-refractivity contribution >= 4 is 14.5 Å². The summed E-state index contributed by atoms with van der Waals surface area (Å²) in [6, 6.07) is 13.8. The predicted octanol–water partition coefficient (Wildman–Crippen LogP) is 4.97. The van der Waals surface area contributed by atoms with Gasteiger partial charge in [0, 0.05) is 19.0 Å². The quantitative estimate of drug-likeness (QED) is 0.361. The maximum absolute atomic E-state index is 6.07. The van der Waals surface area contributed by atoms with Gasteiger partial charge in [0.25, 0.3) is 0 Å². The second kappa shape index (κ2) is 11.0. The molecule has 0 aliphatic rings. The van der Waals surface area contributed by atoms with E-state index in [4.69, 9.17) is 3.79 Å². The molecule has 5 nitrogen and oxygen atoms in total. The number of aromatic nitrogens is 4. The molecule has 144 valence electrons. The van der Waals surface area contributed by atoms with Crippen LogP contribution in [0.3, 0.4) is 0 Å². The number of nitrogens with zero attached hydrogens (tertiary/aromatic N) is 4. The lowest BCUT2D eigenvalue weighted by Crippen LogP contribution is -2.15. The lowest BCUT2D eigenvalue weighted by Gasteiger charge is -2.11. The Morgan fingerprint density at radius 3 is 2.18 bits per heavy atom. The third-order valence-corrected chi connectivity index (χ3v) is 7.34. The van der Waals surface area contributed by atoms with Crippen LogP contribution in [0.5, 0.6) is 0 Å². The fraction of sp³-hybridized carbons (Fsp3) is 0.364. The third-order valence-electron chi connectivity index (χ3n) is 4.81. The summed E-state index contributed by atoms with van der Waals surface area (Å²) in [5.41, 5.74) is 4.52. The first-order valence-electron chi connectivity index (χ1n) is 10.1. The molecule has 0 aliphatic carbocycles. The van der Waals surface area contributed by atoms with Crippen molar-refractivity contribution in [1.82, 2.24) is 20.2 Å². The molecule has 0 bridgehead atoms. The lowest BCUT2D eigenvalue weighted by atomic mass is 10.0. The van der Waals surface area contributed by atoms with Crippen LogP contribution in [0.4, 0.5) is 0 Å². The van der Waals surface area contributed by atoms with Gasteiger partial charge < -0.3 is 3.79 Å². The number of pyridine rings is 2. The van der Waals surface area contributed by atoms with Crippen molar-refractivity contribution in [3.63, 3.8) is 0 Å². The minimum absolute atomic E-state index is 0.802. The van der Waals surface area contributed by atoms with Crippen molar-refractivity contribution in [3.8, 4) is 22.8 Å². The first kappa shape index (κ1) is 20.6. The van der Waals surface area contributed by atoms with Crippen LogP contribution in [0, 0.1) is 0 Å². The van der Waals surface area contributed by atoms with Crippen LogP contribution < -0.4 is 0 Å². The molecule has 3 heterocycles. The predicted molar refractivity (Wildman–Crippen MR) is 114 cm³/mol. The van der Waals surface area contributed by atoms with E-state index in [1.807, 2.05) is 36.4 Å². The fourth-order valence-electron chi connectivity index (χ4n) is 3.17. The standard InChI is InChI=1S/C18H17N4O.2C2H5.Al/c23-12-6-3-7-14-13-17(15-8-1-4-10-19-15)21-22-18(14)16-9-2-5-11-20-16;2*1-2;/h1-2,4-5,8-11,13H,3,6-7,12H2;2*1H2,2H3;/q-1;;;+1. The Hall–Kier alpha value is -2.13. The van der Waals surface area contributed by atoms with Crippen LogP contribution in [-0.4, -0.2) is 41.3 Å². The van der Waals surface area contributed by atoms with Gasteiger partial charge in [0.2, 0.25) is 0 Å². The molecule has 0 aromatic carbocycles. The van der Waals surface area contributed by atoms with E-state index >= 15 is 0 Å². The van der Waals surface area contributed by atoms with Gasteiger partial charge in [0.1, 0.15) is 11.4 Å². The van der Waals surface area contributed by atoms with E-state index in [0.717, 1.165) is 54.2 Å². The minimum Gasteiger partial charge on any atom is -0.501 e. The molecule has 3 rings (SSSR count). The molecule has 0 unspecified atom stereocenters. The third kappa shape index (κ3) is 5.68. The molecule has 0 aliphatic heterocycles. The molecule has 0 saturated heterocycles. The lowest BCUT2D eigenvalue weighted by molar-refractivity contribution is 0.308. The van der Waals surface area contributed by atoms with Gasteiger partial charge >= 0.3 is 14.5 Å². The van der Waals surface area contributed by atoms with Crippen LogP contribution in [0.1, 0.15) is 32.3 Å². The van der Waals surface area contributed by atoms with Gasteiger partial charge in [-0.05, 0) is 55.2 Å². The number of rotatable bonds is 10. The Labute approximate surface area is 172 Å². The van der Waals surface area contributed by atoms with Gasteiger partial charge in [0.15, 0.2) is 0 Å². The average Bonchev–Trinajstić information content (AvgIpc) is 2.77. The molecule has 3 aromatic heterocycles. The molecule has 0 spiro atoms. The topological polar surface area (TPSA) is 60.8 Å². The summed E-state index contributed by atoms with van der Waals surface area (Å²) >= 11 is -0.957. The van der Waals surface area contributed by atoms with Gasteiger partial charge in [-0.2, -0.15) is 0 Å². The zero-order chi connectivity index (χ0) is 19.6. The summed E-state index contributed by atoms with van der Waals surface area (Å²) in [4.78, 5) is 8.87. The van der Waals surface area contributed by atoms with E-state index < -0.39 is 14.5 Å². The maximum Gasteiger partial charge on any atom is 0.460 e. The fourth-order valence-corrected chi connectivity index (χ4v) is 4.72. The highest BCUT2D eigenvalue weighted by molar-refractivity contribution is 6.51. The molecule has 0 amide bonds. The van der Waals surface area contributed by atoms with Crippen LogP contribution in [0.2, 0.25) is 10.6 Å². The summed E-state index contributed by atoms with van der Waals surface area (Å²) in [7, 11) is 0. The number of hydrogen-bond acceptors (Lipinski definition) is 5. The van der Waals surface area contributed by atoms with Gasteiger partial charge in [-0.15, -0.1) is 10.2 Å². The molecule has 6 heteroatoms. The Morgan fingerprint density at radius 2 is 1.54 bits per heavy atom. The SMILES string of the molecule is C[CH2][Al]([CH2]C)[O]CCCCc1cc(-c2ccccn2)nnc1-c1ccccn1. The van der Waals surface area contributed by atoms with Crippen molar-refractivity contribution in [2.75, 3.05) is 6.61 Å². The summed E-state index contributed by atoms with van der Waals surface area (Å²) < 4.78 is 6.07. The second-order valence-corrected chi connectivity index (χ2v) is 10.0. The van der Waals surface area contributed by atoms with Gasteiger partial charge in [-0.1, -0.05) is 36.5 Å². The van der Waals surface area contributed by atoms with Crippen LogP contribution in [0.25, 0.3) is 22.8 Å². The van der Waals surface area contributed by atoms with Crippen LogP contribution >= 0.6 is 0 Å². The minimum atomic E-state index is -0.957. The highest BCUT2D eigenvalue weighted by Crippen LogP contribution is 2.24. The summed E-state index contributed by atoms with van der Waals surface area (Å²) in [6.07, 6.45) is 6.62. The average molecular weight is 390 g/mol. The van der Waals surface area contributed by atoms with Crippen molar-refractivity contribution < 1.29 is 3.79 Å². The zero-order valence-electron chi connectivity index (χ0n) is 16.7. The molecule has 0 radical (unpaired) electrons. The summed E-state index contributed by atoms with van der Waals surface area (Å²) in [5, 5.41) is 11.3. The molecule has 0 N–H and O–H groups in total. The molecular formula is C22H27AlN4O. The molecule has 0 saturated carbocycles. The molecular weight excluding hydrogens is 363 g/mol. The Bertz CT molecular complexity index is 842. The van der Waals surface area contributed by atoms with E-state index in [-0.39, 0.29) is 0 Å². The normalized spacial score (nSPS) is 10.8. The molecule has 0 atom stereocenters.